The normalized spacial score (nSPS) is 15.1. The minimum atomic E-state index is -0.764. The Kier molecular flexibility index (Phi) is 1.47. The summed E-state index contributed by atoms with van der Waals surface area (Å²) in [7, 11) is 0. The average molecular weight is 176 g/mol. The number of aryl methyl sites for hydroxylation is 1. The van der Waals surface area contributed by atoms with Gasteiger partial charge in [-0.25, -0.2) is 0 Å². The SMILES string of the molecule is Cc1ccc2c(c1)C(=O)N([O])C2=O. The molecule has 0 unspecified atom stereocenters. The van der Waals surface area contributed by atoms with E-state index in [4.69, 9.17) is 0 Å². The predicted octanol–water partition coefficient (Wildman–Crippen LogP) is 0.937. The largest absolute Gasteiger partial charge is 0.288 e. The zero-order valence-electron chi connectivity index (χ0n) is 6.90. The number of fused-ring (bicyclic) bond motifs is 1. The van der Waals surface area contributed by atoms with Crippen LogP contribution in [0.2, 0.25) is 0 Å². The highest BCUT2D eigenvalue weighted by atomic mass is 16.5. The summed E-state index contributed by atoms with van der Waals surface area (Å²) in [6.45, 7) is 1.80. The van der Waals surface area contributed by atoms with Crippen LogP contribution in [-0.2, 0) is 5.21 Å². The Morgan fingerprint density at radius 2 is 1.69 bits per heavy atom. The van der Waals surface area contributed by atoms with E-state index in [1.165, 1.54) is 6.07 Å². The van der Waals surface area contributed by atoms with E-state index in [-0.39, 0.29) is 16.2 Å². The molecule has 1 aliphatic rings. The van der Waals surface area contributed by atoms with Crippen molar-refractivity contribution < 1.29 is 14.8 Å². The van der Waals surface area contributed by atoms with Crippen LogP contribution in [0.3, 0.4) is 0 Å². The summed E-state index contributed by atoms with van der Waals surface area (Å²) in [5.41, 5.74) is 1.26. The summed E-state index contributed by atoms with van der Waals surface area (Å²) >= 11 is 0. The first-order valence-corrected chi connectivity index (χ1v) is 3.78. The van der Waals surface area contributed by atoms with Crippen molar-refractivity contribution in [2.24, 2.45) is 0 Å². The number of carbonyl (C=O) groups is 2. The maximum Gasteiger partial charge on any atom is 0.288 e. The van der Waals surface area contributed by atoms with Crippen molar-refractivity contribution in [1.29, 1.82) is 0 Å². The maximum atomic E-state index is 11.2. The van der Waals surface area contributed by atoms with Crippen molar-refractivity contribution in [2.75, 3.05) is 0 Å². The third-order valence-corrected chi connectivity index (χ3v) is 2.00. The highest BCUT2D eigenvalue weighted by Gasteiger charge is 2.35. The van der Waals surface area contributed by atoms with Gasteiger partial charge >= 0.3 is 0 Å². The summed E-state index contributed by atoms with van der Waals surface area (Å²) in [6, 6.07) is 4.75. The highest BCUT2D eigenvalue weighted by Crippen LogP contribution is 2.22. The van der Waals surface area contributed by atoms with Gasteiger partial charge in [-0.1, -0.05) is 16.8 Å². The molecule has 13 heavy (non-hydrogen) atoms. The van der Waals surface area contributed by atoms with E-state index in [0.29, 0.717) is 0 Å². The number of imide groups is 1. The smallest absolute Gasteiger partial charge is 0.266 e. The molecule has 2 rings (SSSR count). The van der Waals surface area contributed by atoms with Crippen LogP contribution in [0, 0.1) is 6.92 Å². The van der Waals surface area contributed by atoms with Crippen LogP contribution in [0.25, 0.3) is 0 Å². The number of rotatable bonds is 0. The fraction of sp³-hybridized carbons (Fsp3) is 0.111. The molecule has 0 atom stereocenters. The van der Waals surface area contributed by atoms with Crippen LogP contribution >= 0.6 is 0 Å². The van der Waals surface area contributed by atoms with Crippen LogP contribution in [0.15, 0.2) is 18.2 Å². The van der Waals surface area contributed by atoms with E-state index in [1.807, 2.05) is 0 Å². The van der Waals surface area contributed by atoms with Crippen LogP contribution < -0.4 is 0 Å². The molecule has 1 aliphatic heterocycles. The fourth-order valence-corrected chi connectivity index (χ4v) is 1.33. The molecule has 0 N–H and O–H groups in total. The van der Waals surface area contributed by atoms with Gasteiger partial charge in [-0.15, -0.1) is 5.06 Å². The first-order chi connectivity index (χ1) is 6.11. The number of hydrogen-bond acceptors (Lipinski definition) is 2. The summed E-state index contributed by atoms with van der Waals surface area (Å²) in [4.78, 5) is 22.3. The van der Waals surface area contributed by atoms with E-state index >= 15 is 0 Å². The summed E-state index contributed by atoms with van der Waals surface area (Å²) in [5, 5.41) is 10.8. The molecule has 2 amide bonds. The first-order valence-electron chi connectivity index (χ1n) is 3.78. The standard InChI is InChI=1S/C9H6NO3/c1-5-2-3-6-7(4-5)9(12)10(13)8(6)11/h2-4H,1H3. The van der Waals surface area contributed by atoms with E-state index in [0.717, 1.165) is 5.56 Å². The minimum Gasteiger partial charge on any atom is -0.266 e. The van der Waals surface area contributed by atoms with E-state index in [9.17, 15) is 14.8 Å². The molecule has 1 heterocycles. The Morgan fingerprint density at radius 3 is 2.38 bits per heavy atom. The Labute approximate surface area is 74.4 Å². The maximum absolute atomic E-state index is 11.2. The molecule has 1 radical (unpaired) electrons. The zero-order chi connectivity index (χ0) is 9.59. The van der Waals surface area contributed by atoms with Gasteiger partial charge in [0, 0.05) is 0 Å². The zero-order valence-corrected chi connectivity index (χ0v) is 6.90. The molecule has 0 saturated carbocycles. The third-order valence-electron chi connectivity index (χ3n) is 2.00. The summed E-state index contributed by atoms with van der Waals surface area (Å²) in [5.74, 6) is -1.52. The van der Waals surface area contributed by atoms with Crippen LogP contribution in [0.1, 0.15) is 26.3 Å². The fourth-order valence-electron chi connectivity index (χ4n) is 1.33. The van der Waals surface area contributed by atoms with Crippen molar-refractivity contribution in [1.82, 2.24) is 5.06 Å². The van der Waals surface area contributed by atoms with Crippen LogP contribution in [0.5, 0.6) is 0 Å². The number of carbonyl (C=O) groups excluding carboxylic acids is 2. The molecule has 0 aliphatic carbocycles. The Morgan fingerprint density at radius 1 is 1.08 bits per heavy atom. The topological polar surface area (TPSA) is 57.3 Å². The number of amides is 2. The highest BCUT2D eigenvalue weighted by molar-refractivity contribution is 6.20. The van der Waals surface area contributed by atoms with Gasteiger partial charge in [0.05, 0.1) is 11.1 Å². The van der Waals surface area contributed by atoms with Gasteiger partial charge in [0.15, 0.2) is 0 Å². The van der Waals surface area contributed by atoms with Crippen LogP contribution in [-0.4, -0.2) is 16.9 Å². The van der Waals surface area contributed by atoms with Gasteiger partial charge in [-0.05, 0) is 19.1 Å². The van der Waals surface area contributed by atoms with Gasteiger partial charge in [0.2, 0.25) is 0 Å². The van der Waals surface area contributed by atoms with Crippen molar-refractivity contribution in [3.63, 3.8) is 0 Å². The average Bonchev–Trinajstić information content (AvgIpc) is 2.32. The summed E-state index contributed by atoms with van der Waals surface area (Å²) in [6.07, 6.45) is 0. The lowest BCUT2D eigenvalue weighted by molar-refractivity contribution is -0.0828. The van der Waals surface area contributed by atoms with Gasteiger partial charge in [-0.3, -0.25) is 9.59 Å². The number of nitrogens with zero attached hydrogens (tertiary/aromatic N) is 1. The Hall–Kier alpha value is -1.68. The quantitative estimate of drug-likeness (QED) is 0.552. The van der Waals surface area contributed by atoms with Crippen molar-refractivity contribution in [3.8, 4) is 0 Å². The molecule has 0 fully saturated rings. The first kappa shape index (κ1) is 7.94. The van der Waals surface area contributed by atoms with Crippen LogP contribution in [0.4, 0.5) is 0 Å². The second-order valence-electron chi connectivity index (χ2n) is 2.95. The molecule has 1 aromatic carbocycles. The number of hydroxylamine groups is 2. The Balaban J connectivity index is 2.67. The number of hydrogen-bond donors (Lipinski definition) is 0. The van der Waals surface area contributed by atoms with Gasteiger partial charge in [0.1, 0.15) is 0 Å². The van der Waals surface area contributed by atoms with Crippen molar-refractivity contribution >= 4 is 11.8 Å². The monoisotopic (exact) mass is 176 g/mol. The second-order valence-corrected chi connectivity index (χ2v) is 2.95. The van der Waals surface area contributed by atoms with Gasteiger partial charge in [0.25, 0.3) is 11.8 Å². The molecule has 0 bridgehead atoms. The van der Waals surface area contributed by atoms with E-state index in [2.05, 4.69) is 0 Å². The molecule has 0 saturated heterocycles. The molecule has 1 aromatic rings. The Bertz CT molecular complexity index is 411. The lowest BCUT2D eigenvalue weighted by Crippen LogP contribution is -2.23. The third kappa shape index (κ3) is 0.957. The predicted molar refractivity (Wildman–Crippen MR) is 42.4 cm³/mol. The summed E-state index contributed by atoms with van der Waals surface area (Å²) < 4.78 is 0. The van der Waals surface area contributed by atoms with Crippen molar-refractivity contribution in [2.45, 2.75) is 6.92 Å². The second kappa shape index (κ2) is 2.40. The molecule has 65 valence electrons. The molecule has 0 spiro atoms. The molecular formula is C9H6NO3. The van der Waals surface area contributed by atoms with Gasteiger partial charge in [-0.2, -0.15) is 0 Å². The minimum absolute atomic E-state index is 0.107. The van der Waals surface area contributed by atoms with E-state index in [1.54, 1.807) is 19.1 Å². The number of benzene rings is 1. The lowest BCUT2D eigenvalue weighted by atomic mass is 10.1. The lowest BCUT2D eigenvalue weighted by Gasteiger charge is -1.95. The molecule has 4 nitrogen and oxygen atoms in total. The molecule has 0 aromatic heterocycles. The van der Waals surface area contributed by atoms with Crippen molar-refractivity contribution in [3.05, 3.63) is 34.9 Å². The molecule has 4 heteroatoms. The molecular weight excluding hydrogens is 170 g/mol. The van der Waals surface area contributed by atoms with E-state index < -0.39 is 11.8 Å². The van der Waals surface area contributed by atoms with Gasteiger partial charge < -0.3 is 0 Å².